The Balaban J connectivity index is 0.00000117. The highest BCUT2D eigenvalue weighted by atomic mass is 32.1. The minimum Gasteiger partial charge on any atom is -0.359 e. The maximum atomic E-state index is 4.32. The van der Waals surface area contributed by atoms with Crippen LogP contribution in [-0.2, 0) is 0 Å². The van der Waals surface area contributed by atoms with Crippen molar-refractivity contribution in [2.24, 2.45) is 0 Å². The predicted octanol–water partition coefficient (Wildman–Crippen LogP) is 5.38. The first kappa shape index (κ1) is 20.6. The van der Waals surface area contributed by atoms with Crippen LogP contribution in [0.15, 0.2) is 37.4 Å². The Kier molecular flexibility index (Phi) is 8.78. The Hall–Kier alpha value is -1.72. The Bertz CT molecular complexity index is 632. The third-order valence-electron chi connectivity index (χ3n) is 4.75. The van der Waals surface area contributed by atoms with E-state index < -0.39 is 0 Å². The molecule has 5 heteroatoms. The van der Waals surface area contributed by atoms with Gasteiger partial charge in [-0.3, -0.25) is 4.90 Å². The van der Waals surface area contributed by atoms with Crippen LogP contribution in [0.4, 0.5) is 5.13 Å². The summed E-state index contributed by atoms with van der Waals surface area (Å²) in [5, 5.41) is 14.0. The second-order valence-electron chi connectivity index (χ2n) is 6.68. The Morgan fingerprint density at radius 2 is 1.81 bits per heavy atom. The van der Waals surface area contributed by atoms with Gasteiger partial charge in [-0.1, -0.05) is 60.9 Å². The van der Waals surface area contributed by atoms with Gasteiger partial charge in [-0.15, -0.1) is 23.4 Å². The third-order valence-corrected chi connectivity index (χ3v) is 5.68. The molecular weight excluding hydrogens is 340 g/mol. The van der Waals surface area contributed by atoms with Crippen molar-refractivity contribution in [3.05, 3.63) is 43.0 Å². The summed E-state index contributed by atoms with van der Waals surface area (Å²) >= 11 is 1.64. The molecule has 4 nitrogen and oxygen atoms in total. The standard InChI is InChI=1S/C19H28N4S.C2H4/c1-3-13-23(17-6-4-5-7-17)14-12-20-19-22-21-18(24-19)16-10-8-15(2)9-11-16;1-2/h8-11,17H,3-7,12-14H2,1-2H3,(H,20,22);1-2H2. The molecule has 1 aromatic heterocycles. The smallest absolute Gasteiger partial charge is 0.206 e. The second kappa shape index (κ2) is 11.1. The molecule has 0 bridgehead atoms. The molecule has 3 rings (SSSR count). The minimum absolute atomic E-state index is 0.796. The number of anilines is 1. The number of aryl methyl sites for hydroxylation is 1. The van der Waals surface area contributed by atoms with Gasteiger partial charge < -0.3 is 5.32 Å². The lowest BCUT2D eigenvalue weighted by molar-refractivity contribution is 0.206. The normalized spacial score (nSPS) is 14.3. The lowest BCUT2D eigenvalue weighted by atomic mass is 10.2. The Morgan fingerprint density at radius 3 is 2.46 bits per heavy atom. The summed E-state index contributed by atoms with van der Waals surface area (Å²) in [7, 11) is 0. The van der Waals surface area contributed by atoms with Crippen LogP contribution >= 0.6 is 11.3 Å². The first-order valence-corrected chi connectivity index (χ1v) is 10.5. The zero-order chi connectivity index (χ0) is 18.8. The van der Waals surface area contributed by atoms with Gasteiger partial charge in [0, 0.05) is 24.7 Å². The molecule has 1 fully saturated rings. The number of nitrogens with zero attached hydrogens (tertiary/aromatic N) is 3. The molecule has 1 N–H and O–H groups in total. The van der Waals surface area contributed by atoms with Crippen molar-refractivity contribution in [1.29, 1.82) is 0 Å². The highest BCUT2D eigenvalue weighted by Crippen LogP contribution is 2.27. The molecule has 142 valence electrons. The molecule has 0 amide bonds. The van der Waals surface area contributed by atoms with E-state index in [1.807, 2.05) is 0 Å². The van der Waals surface area contributed by atoms with Gasteiger partial charge in [-0.05, 0) is 32.7 Å². The average Bonchev–Trinajstić information content (AvgIpc) is 3.36. The Morgan fingerprint density at radius 1 is 1.12 bits per heavy atom. The van der Waals surface area contributed by atoms with Crippen molar-refractivity contribution < 1.29 is 0 Å². The first-order valence-electron chi connectivity index (χ1n) is 9.64. The molecule has 0 aliphatic heterocycles. The average molecular weight is 373 g/mol. The van der Waals surface area contributed by atoms with Crippen molar-refractivity contribution >= 4 is 16.5 Å². The zero-order valence-electron chi connectivity index (χ0n) is 16.2. The fourth-order valence-corrected chi connectivity index (χ4v) is 4.22. The molecule has 0 unspecified atom stereocenters. The molecule has 1 aliphatic carbocycles. The monoisotopic (exact) mass is 372 g/mol. The maximum absolute atomic E-state index is 4.32. The molecule has 1 heterocycles. The van der Waals surface area contributed by atoms with E-state index in [9.17, 15) is 0 Å². The van der Waals surface area contributed by atoms with Crippen molar-refractivity contribution in [2.75, 3.05) is 25.0 Å². The van der Waals surface area contributed by atoms with E-state index in [1.165, 1.54) is 44.2 Å². The molecule has 1 aliphatic rings. The van der Waals surface area contributed by atoms with Crippen LogP contribution in [0.5, 0.6) is 0 Å². The molecule has 2 aromatic rings. The van der Waals surface area contributed by atoms with Gasteiger partial charge in [0.2, 0.25) is 5.13 Å². The van der Waals surface area contributed by atoms with Crippen LogP contribution in [0.2, 0.25) is 0 Å². The summed E-state index contributed by atoms with van der Waals surface area (Å²) in [6, 6.07) is 9.26. The number of nitrogens with one attached hydrogen (secondary N) is 1. The third kappa shape index (κ3) is 5.92. The maximum Gasteiger partial charge on any atom is 0.206 e. The summed E-state index contributed by atoms with van der Waals surface area (Å²) in [6.45, 7) is 13.6. The molecule has 26 heavy (non-hydrogen) atoms. The van der Waals surface area contributed by atoms with Crippen LogP contribution < -0.4 is 5.32 Å². The molecule has 0 spiro atoms. The van der Waals surface area contributed by atoms with Gasteiger partial charge in [-0.25, -0.2) is 0 Å². The number of hydrogen-bond donors (Lipinski definition) is 1. The van der Waals surface area contributed by atoms with E-state index in [0.29, 0.717) is 0 Å². The van der Waals surface area contributed by atoms with Crippen LogP contribution in [0.1, 0.15) is 44.6 Å². The number of aromatic nitrogens is 2. The van der Waals surface area contributed by atoms with Crippen molar-refractivity contribution in [3.63, 3.8) is 0 Å². The van der Waals surface area contributed by atoms with Crippen LogP contribution in [0.3, 0.4) is 0 Å². The fourth-order valence-electron chi connectivity index (χ4n) is 3.45. The summed E-state index contributed by atoms with van der Waals surface area (Å²) in [4.78, 5) is 2.65. The number of rotatable bonds is 8. The van der Waals surface area contributed by atoms with Crippen LogP contribution in [0, 0.1) is 6.92 Å². The Labute approximate surface area is 162 Å². The van der Waals surface area contributed by atoms with Crippen LogP contribution in [0.25, 0.3) is 10.6 Å². The largest absolute Gasteiger partial charge is 0.359 e. The fraction of sp³-hybridized carbons (Fsp3) is 0.524. The summed E-state index contributed by atoms with van der Waals surface area (Å²) in [5.41, 5.74) is 2.41. The molecule has 1 aromatic carbocycles. The van der Waals surface area contributed by atoms with Gasteiger partial charge in [0.1, 0.15) is 5.01 Å². The molecule has 0 saturated heterocycles. The lowest BCUT2D eigenvalue weighted by Gasteiger charge is -2.28. The predicted molar refractivity (Wildman–Crippen MR) is 114 cm³/mol. The van der Waals surface area contributed by atoms with Gasteiger partial charge in [-0.2, -0.15) is 0 Å². The quantitative estimate of drug-likeness (QED) is 0.631. The van der Waals surface area contributed by atoms with Crippen molar-refractivity contribution in [1.82, 2.24) is 15.1 Å². The van der Waals surface area contributed by atoms with E-state index in [-0.39, 0.29) is 0 Å². The SMILES string of the molecule is C=C.CCCN(CCNc1nnc(-c2ccc(C)cc2)s1)C1CCCC1. The van der Waals surface area contributed by atoms with E-state index in [2.05, 4.69) is 71.7 Å². The summed E-state index contributed by atoms with van der Waals surface area (Å²) in [5.74, 6) is 0. The van der Waals surface area contributed by atoms with Crippen LogP contribution in [-0.4, -0.2) is 40.8 Å². The van der Waals surface area contributed by atoms with Gasteiger partial charge in [0.15, 0.2) is 0 Å². The molecule has 0 radical (unpaired) electrons. The van der Waals surface area contributed by atoms with Gasteiger partial charge >= 0.3 is 0 Å². The van der Waals surface area contributed by atoms with E-state index in [0.717, 1.165) is 34.8 Å². The molecule has 0 atom stereocenters. The van der Waals surface area contributed by atoms with Crippen molar-refractivity contribution in [3.8, 4) is 10.6 Å². The summed E-state index contributed by atoms with van der Waals surface area (Å²) in [6.07, 6.45) is 6.77. The lowest BCUT2D eigenvalue weighted by Crippen LogP contribution is -2.37. The highest BCUT2D eigenvalue weighted by molar-refractivity contribution is 7.18. The van der Waals surface area contributed by atoms with E-state index >= 15 is 0 Å². The minimum atomic E-state index is 0.796. The number of benzene rings is 1. The van der Waals surface area contributed by atoms with Gasteiger partial charge in [0.05, 0.1) is 0 Å². The first-order chi connectivity index (χ1) is 12.8. The van der Waals surface area contributed by atoms with E-state index in [1.54, 1.807) is 11.3 Å². The highest BCUT2D eigenvalue weighted by Gasteiger charge is 2.21. The molecule has 1 saturated carbocycles. The van der Waals surface area contributed by atoms with Gasteiger partial charge in [0.25, 0.3) is 0 Å². The molecular formula is C21H32N4S. The number of hydrogen-bond acceptors (Lipinski definition) is 5. The topological polar surface area (TPSA) is 41.0 Å². The zero-order valence-corrected chi connectivity index (χ0v) is 17.0. The van der Waals surface area contributed by atoms with E-state index in [4.69, 9.17) is 0 Å². The summed E-state index contributed by atoms with van der Waals surface area (Å²) < 4.78 is 0. The van der Waals surface area contributed by atoms with Crippen molar-refractivity contribution in [2.45, 2.75) is 52.0 Å². The second-order valence-corrected chi connectivity index (χ2v) is 7.66.